The van der Waals surface area contributed by atoms with Crippen molar-refractivity contribution in [2.45, 2.75) is 6.54 Å². The van der Waals surface area contributed by atoms with Crippen LogP contribution in [-0.2, 0) is 16.6 Å². The van der Waals surface area contributed by atoms with Gasteiger partial charge in [-0.25, -0.2) is 13.1 Å². The Kier molecular flexibility index (Phi) is 5.21. The summed E-state index contributed by atoms with van der Waals surface area (Å²) >= 11 is 5.91. The molecule has 0 amide bonds. The molecule has 90 valence electrons. The Balaban J connectivity index is 2.55. The summed E-state index contributed by atoms with van der Waals surface area (Å²) in [6, 6.07) is 7.16. The summed E-state index contributed by atoms with van der Waals surface area (Å²) in [6.07, 6.45) is 0. The van der Waals surface area contributed by atoms with Crippen LogP contribution in [-0.4, -0.2) is 27.8 Å². The molecule has 0 radical (unpaired) electrons. The highest BCUT2D eigenvalue weighted by molar-refractivity contribution is 7.89. The second kappa shape index (κ2) is 6.20. The van der Waals surface area contributed by atoms with Crippen LogP contribution in [0.3, 0.4) is 0 Å². The molecule has 0 aliphatic heterocycles. The molecule has 0 unspecified atom stereocenters. The predicted octanol–water partition coefficient (Wildman–Crippen LogP) is 0.979. The molecule has 16 heavy (non-hydrogen) atoms. The molecule has 0 atom stereocenters. The fourth-order valence-corrected chi connectivity index (χ4v) is 2.33. The molecule has 6 heteroatoms. The van der Waals surface area contributed by atoms with Gasteiger partial charge < -0.3 is 5.32 Å². The minimum absolute atomic E-state index is 0.0634. The van der Waals surface area contributed by atoms with Gasteiger partial charge in [0.2, 0.25) is 10.0 Å². The molecule has 2 N–H and O–H groups in total. The number of hydrogen-bond donors (Lipinski definition) is 2. The first-order valence-corrected chi connectivity index (χ1v) is 6.93. The molecule has 0 spiro atoms. The van der Waals surface area contributed by atoms with E-state index < -0.39 is 10.0 Å². The lowest BCUT2D eigenvalue weighted by atomic mass is 10.2. The summed E-state index contributed by atoms with van der Waals surface area (Å²) in [5.41, 5.74) is 0.775. The average Bonchev–Trinajstić information content (AvgIpc) is 2.26. The molecule has 4 nitrogen and oxygen atoms in total. The predicted molar refractivity (Wildman–Crippen MR) is 66.0 cm³/mol. The lowest BCUT2D eigenvalue weighted by molar-refractivity contribution is 0.579. The van der Waals surface area contributed by atoms with E-state index in [2.05, 4.69) is 10.0 Å². The molecule has 0 saturated carbocycles. The highest BCUT2D eigenvalue weighted by atomic mass is 35.5. The van der Waals surface area contributed by atoms with Gasteiger partial charge in [0, 0.05) is 18.1 Å². The van der Waals surface area contributed by atoms with E-state index in [1.54, 1.807) is 25.2 Å². The van der Waals surface area contributed by atoms with Crippen LogP contribution < -0.4 is 10.0 Å². The first-order valence-electron chi connectivity index (χ1n) is 4.90. The zero-order chi connectivity index (χ0) is 12.0. The van der Waals surface area contributed by atoms with E-state index in [9.17, 15) is 8.42 Å². The fourth-order valence-electron chi connectivity index (χ4n) is 1.14. The van der Waals surface area contributed by atoms with Crippen molar-refractivity contribution in [2.75, 3.05) is 19.3 Å². The van der Waals surface area contributed by atoms with Crippen LogP contribution in [0.15, 0.2) is 24.3 Å². The third kappa shape index (κ3) is 4.49. The third-order valence-electron chi connectivity index (χ3n) is 2.06. The number of hydrogen-bond acceptors (Lipinski definition) is 3. The van der Waals surface area contributed by atoms with Gasteiger partial charge in [0.05, 0.1) is 5.75 Å². The molecule has 0 aliphatic carbocycles. The summed E-state index contributed by atoms with van der Waals surface area (Å²) < 4.78 is 25.5. The maximum atomic E-state index is 11.5. The molecule has 0 bridgehead atoms. The van der Waals surface area contributed by atoms with Crippen molar-refractivity contribution < 1.29 is 8.42 Å². The Bertz CT molecular complexity index is 434. The standard InChI is InChI=1S/C10H15ClN2O2S/c1-12-6-7-16(14,15)13-8-9-4-2-3-5-10(9)11/h2-5,12-13H,6-8H2,1H3. The lowest BCUT2D eigenvalue weighted by Gasteiger charge is -2.07. The summed E-state index contributed by atoms with van der Waals surface area (Å²) in [5.74, 6) is 0.0634. The van der Waals surface area contributed by atoms with E-state index in [4.69, 9.17) is 11.6 Å². The summed E-state index contributed by atoms with van der Waals surface area (Å²) in [7, 11) is -1.52. The Morgan fingerprint density at radius 2 is 2.00 bits per heavy atom. The minimum Gasteiger partial charge on any atom is -0.319 e. The fraction of sp³-hybridized carbons (Fsp3) is 0.400. The van der Waals surface area contributed by atoms with Gasteiger partial charge in [0.15, 0.2) is 0 Å². The van der Waals surface area contributed by atoms with E-state index >= 15 is 0 Å². The molecule has 0 heterocycles. The van der Waals surface area contributed by atoms with E-state index in [0.29, 0.717) is 11.6 Å². The third-order valence-corrected chi connectivity index (χ3v) is 3.76. The highest BCUT2D eigenvalue weighted by Gasteiger charge is 2.09. The van der Waals surface area contributed by atoms with Crippen LogP contribution in [0, 0.1) is 0 Å². The monoisotopic (exact) mass is 262 g/mol. The smallest absolute Gasteiger partial charge is 0.213 e. The molecule has 0 saturated heterocycles. The Morgan fingerprint density at radius 1 is 1.31 bits per heavy atom. The minimum atomic E-state index is -3.23. The topological polar surface area (TPSA) is 58.2 Å². The molecular formula is C10H15ClN2O2S. The summed E-state index contributed by atoms with van der Waals surface area (Å²) in [5, 5.41) is 3.36. The van der Waals surface area contributed by atoms with Gasteiger partial charge in [-0.2, -0.15) is 0 Å². The second-order valence-corrected chi connectivity index (χ2v) is 5.67. The largest absolute Gasteiger partial charge is 0.319 e. The summed E-state index contributed by atoms with van der Waals surface area (Å²) in [4.78, 5) is 0. The number of benzene rings is 1. The van der Waals surface area contributed by atoms with E-state index in [0.717, 1.165) is 5.56 Å². The molecule has 1 rings (SSSR count). The van der Waals surface area contributed by atoms with Gasteiger partial charge >= 0.3 is 0 Å². The van der Waals surface area contributed by atoms with E-state index in [1.807, 2.05) is 6.07 Å². The van der Waals surface area contributed by atoms with Crippen molar-refractivity contribution in [1.29, 1.82) is 0 Å². The van der Waals surface area contributed by atoms with Crippen LogP contribution in [0.25, 0.3) is 0 Å². The molecule has 0 aliphatic rings. The van der Waals surface area contributed by atoms with Gasteiger partial charge in [-0.1, -0.05) is 29.8 Å². The second-order valence-electron chi connectivity index (χ2n) is 3.33. The maximum absolute atomic E-state index is 11.5. The van der Waals surface area contributed by atoms with E-state index in [-0.39, 0.29) is 12.3 Å². The average molecular weight is 263 g/mol. The first-order chi connectivity index (χ1) is 7.55. The van der Waals surface area contributed by atoms with Gasteiger partial charge in [-0.15, -0.1) is 0 Å². The van der Waals surface area contributed by atoms with E-state index in [1.165, 1.54) is 0 Å². The number of rotatable bonds is 6. The van der Waals surface area contributed by atoms with Crippen LogP contribution >= 0.6 is 11.6 Å². The Morgan fingerprint density at radius 3 is 2.62 bits per heavy atom. The maximum Gasteiger partial charge on any atom is 0.213 e. The van der Waals surface area contributed by atoms with Crippen LogP contribution in [0.1, 0.15) is 5.56 Å². The number of nitrogens with one attached hydrogen (secondary N) is 2. The summed E-state index contributed by atoms with van der Waals surface area (Å²) in [6.45, 7) is 0.656. The SMILES string of the molecule is CNCCS(=O)(=O)NCc1ccccc1Cl. The molecule has 1 aromatic rings. The Labute approximate surface area is 101 Å². The normalized spacial score (nSPS) is 11.6. The quantitative estimate of drug-likeness (QED) is 0.804. The van der Waals surface area contributed by atoms with Crippen molar-refractivity contribution in [3.63, 3.8) is 0 Å². The molecule has 0 fully saturated rings. The van der Waals surface area contributed by atoms with Crippen molar-refractivity contribution in [3.05, 3.63) is 34.9 Å². The number of halogens is 1. The van der Waals surface area contributed by atoms with Gasteiger partial charge in [-0.3, -0.25) is 0 Å². The van der Waals surface area contributed by atoms with Gasteiger partial charge in [0.25, 0.3) is 0 Å². The highest BCUT2D eigenvalue weighted by Crippen LogP contribution is 2.14. The van der Waals surface area contributed by atoms with Gasteiger partial charge in [0.1, 0.15) is 0 Å². The Hall–Kier alpha value is -0.620. The zero-order valence-corrected chi connectivity index (χ0v) is 10.6. The van der Waals surface area contributed by atoms with Crippen molar-refractivity contribution in [2.24, 2.45) is 0 Å². The molecule has 1 aromatic carbocycles. The first kappa shape index (κ1) is 13.4. The van der Waals surface area contributed by atoms with Crippen molar-refractivity contribution in [1.82, 2.24) is 10.0 Å². The van der Waals surface area contributed by atoms with Crippen LogP contribution in [0.2, 0.25) is 5.02 Å². The van der Waals surface area contributed by atoms with Crippen molar-refractivity contribution in [3.8, 4) is 0 Å². The van der Waals surface area contributed by atoms with Crippen molar-refractivity contribution >= 4 is 21.6 Å². The lowest BCUT2D eigenvalue weighted by Crippen LogP contribution is -2.30. The van der Waals surface area contributed by atoms with Crippen LogP contribution in [0.4, 0.5) is 0 Å². The molecule has 0 aromatic heterocycles. The molecular weight excluding hydrogens is 248 g/mol. The van der Waals surface area contributed by atoms with Crippen LogP contribution in [0.5, 0.6) is 0 Å². The zero-order valence-electron chi connectivity index (χ0n) is 9.03. The number of sulfonamides is 1. The van der Waals surface area contributed by atoms with Gasteiger partial charge in [-0.05, 0) is 18.7 Å².